The van der Waals surface area contributed by atoms with Crippen molar-refractivity contribution >= 4 is 5.97 Å². The number of aliphatic hydroxyl groups excluding tert-OH is 3. The molecular formula is C39H56O13. The molecule has 10 bridgehead atoms. The normalized spacial score (nSPS) is 52.5. The van der Waals surface area contributed by atoms with Gasteiger partial charge in [0.2, 0.25) is 0 Å². The van der Waals surface area contributed by atoms with Gasteiger partial charge in [0.05, 0.1) is 92.4 Å². The summed E-state index contributed by atoms with van der Waals surface area (Å²) in [5, 5.41) is 31.6. The number of carbonyl (C=O) groups is 1. The minimum absolute atomic E-state index is 0.0108. The first-order valence-electron chi connectivity index (χ1n) is 19.9. The standard InChI is InChI=1S/C39H56O13/c1-19-3-4-21-5-7-26-20(2)11-23(45-26)9-10-39-17-25(42)37(52-39)33-16-34(51-39)38-27(47-33)8-6-22(46-38)12-36(43)50-32-15-31-29(13-24(41)35(18-40)49-31)48-30(32)14-28(19)44-21/h21-35,37-38,40-42H,1-18H2. The molecule has 0 radical (unpaired) electrons. The van der Waals surface area contributed by atoms with E-state index in [0.717, 1.165) is 43.3 Å². The van der Waals surface area contributed by atoms with Crippen molar-refractivity contribution in [2.45, 2.75) is 206 Å². The summed E-state index contributed by atoms with van der Waals surface area (Å²) in [5.74, 6) is -1.35. The van der Waals surface area contributed by atoms with Gasteiger partial charge in [-0.1, -0.05) is 13.2 Å². The molecule has 1 spiro atoms. The number of aliphatic hydroxyl groups is 3. The third kappa shape index (κ3) is 7.06. The number of hydrogen-bond acceptors (Lipinski definition) is 13. The molecule has 9 saturated heterocycles. The van der Waals surface area contributed by atoms with Gasteiger partial charge >= 0.3 is 5.97 Å². The number of hydrogen-bond donors (Lipinski definition) is 3. The van der Waals surface area contributed by atoms with Crippen molar-refractivity contribution in [3.63, 3.8) is 0 Å². The van der Waals surface area contributed by atoms with Gasteiger partial charge in [-0.15, -0.1) is 0 Å². The van der Waals surface area contributed by atoms with Crippen LogP contribution in [0, 0.1) is 0 Å². The molecule has 3 N–H and O–H groups in total. The third-order valence-electron chi connectivity index (χ3n) is 13.4. The second-order valence-electron chi connectivity index (χ2n) is 17.0. The lowest BCUT2D eigenvalue weighted by Gasteiger charge is -2.48. The maximum Gasteiger partial charge on any atom is 0.308 e. The molecule has 18 atom stereocenters. The fourth-order valence-electron chi connectivity index (χ4n) is 10.6. The van der Waals surface area contributed by atoms with Crippen molar-refractivity contribution in [1.29, 1.82) is 0 Å². The van der Waals surface area contributed by atoms with E-state index in [-0.39, 0.29) is 73.9 Å². The van der Waals surface area contributed by atoms with Crippen molar-refractivity contribution in [2.24, 2.45) is 0 Å². The van der Waals surface area contributed by atoms with E-state index in [1.807, 2.05) is 0 Å². The molecule has 0 amide bonds. The van der Waals surface area contributed by atoms with Gasteiger partial charge in [-0.3, -0.25) is 4.79 Å². The largest absolute Gasteiger partial charge is 0.459 e. The number of ether oxygens (including phenoxy) is 9. The summed E-state index contributed by atoms with van der Waals surface area (Å²) < 4.78 is 58.7. The van der Waals surface area contributed by atoms with Crippen LogP contribution < -0.4 is 0 Å². The van der Waals surface area contributed by atoms with Crippen LogP contribution in [0.2, 0.25) is 0 Å². The molecule has 9 aliphatic rings. The second kappa shape index (κ2) is 14.5. The Kier molecular flexibility index (Phi) is 10.1. The molecule has 0 saturated carbocycles. The van der Waals surface area contributed by atoms with Crippen molar-refractivity contribution in [2.75, 3.05) is 6.61 Å². The van der Waals surface area contributed by atoms with Gasteiger partial charge in [-0.25, -0.2) is 0 Å². The van der Waals surface area contributed by atoms with Crippen molar-refractivity contribution < 1.29 is 62.7 Å². The maximum atomic E-state index is 13.7. The van der Waals surface area contributed by atoms with Crippen LogP contribution in [-0.4, -0.2) is 137 Å². The summed E-state index contributed by atoms with van der Waals surface area (Å²) >= 11 is 0. The first-order chi connectivity index (χ1) is 25.1. The molecule has 9 rings (SSSR count). The van der Waals surface area contributed by atoms with Gasteiger partial charge in [-0.2, -0.15) is 0 Å². The third-order valence-corrected chi connectivity index (χ3v) is 13.4. The second-order valence-corrected chi connectivity index (χ2v) is 17.0. The van der Waals surface area contributed by atoms with Gasteiger partial charge in [0.1, 0.15) is 24.4 Å². The maximum absolute atomic E-state index is 13.7. The van der Waals surface area contributed by atoms with E-state index in [2.05, 4.69) is 13.2 Å². The van der Waals surface area contributed by atoms with E-state index >= 15 is 0 Å². The van der Waals surface area contributed by atoms with E-state index in [9.17, 15) is 20.1 Å². The van der Waals surface area contributed by atoms with Crippen LogP contribution in [0.1, 0.15) is 96.3 Å². The first kappa shape index (κ1) is 36.2. The molecule has 0 aromatic rings. The Morgan fingerprint density at radius 3 is 2.23 bits per heavy atom. The fourth-order valence-corrected chi connectivity index (χ4v) is 10.6. The number of fused-ring (bicyclic) bond motifs is 10. The van der Waals surface area contributed by atoms with Crippen LogP contribution in [0.4, 0.5) is 0 Å². The minimum Gasteiger partial charge on any atom is -0.459 e. The van der Waals surface area contributed by atoms with Crippen molar-refractivity contribution in [1.82, 2.24) is 0 Å². The molecule has 9 heterocycles. The molecule has 13 nitrogen and oxygen atoms in total. The first-order valence-corrected chi connectivity index (χ1v) is 19.9. The van der Waals surface area contributed by atoms with Gasteiger partial charge in [0.25, 0.3) is 0 Å². The van der Waals surface area contributed by atoms with E-state index in [0.29, 0.717) is 57.8 Å². The van der Waals surface area contributed by atoms with E-state index in [1.165, 1.54) is 0 Å². The van der Waals surface area contributed by atoms with Crippen LogP contribution >= 0.6 is 0 Å². The highest BCUT2D eigenvalue weighted by atomic mass is 16.7. The van der Waals surface area contributed by atoms with E-state index < -0.39 is 54.6 Å². The quantitative estimate of drug-likeness (QED) is 0.267. The molecule has 13 heteroatoms. The highest BCUT2D eigenvalue weighted by Crippen LogP contribution is 2.49. The molecule has 0 aromatic carbocycles. The molecular weight excluding hydrogens is 676 g/mol. The molecule has 290 valence electrons. The smallest absolute Gasteiger partial charge is 0.308 e. The Bertz CT molecular complexity index is 1360. The average Bonchev–Trinajstić information content (AvgIpc) is 3.61. The van der Waals surface area contributed by atoms with Crippen molar-refractivity contribution in [3.8, 4) is 0 Å². The van der Waals surface area contributed by atoms with Crippen LogP contribution in [-0.2, 0) is 47.4 Å². The molecule has 9 fully saturated rings. The summed E-state index contributed by atoms with van der Waals surface area (Å²) in [7, 11) is 0. The van der Waals surface area contributed by atoms with E-state index in [4.69, 9.17) is 42.6 Å². The van der Waals surface area contributed by atoms with Crippen LogP contribution in [0.25, 0.3) is 0 Å². The lowest BCUT2D eigenvalue weighted by molar-refractivity contribution is -0.278. The number of carbonyl (C=O) groups excluding carboxylic acids is 1. The van der Waals surface area contributed by atoms with Crippen molar-refractivity contribution in [3.05, 3.63) is 24.3 Å². The van der Waals surface area contributed by atoms with Gasteiger partial charge in [0.15, 0.2) is 5.79 Å². The zero-order chi connectivity index (χ0) is 35.7. The summed E-state index contributed by atoms with van der Waals surface area (Å²) in [6.07, 6.45) is 2.21. The number of rotatable bonds is 1. The van der Waals surface area contributed by atoms with E-state index in [1.54, 1.807) is 0 Å². The van der Waals surface area contributed by atoms with Crippen LogP contribution in [0.3, 0.4) is 0 Å². The molecule has 52 heavy (non-hydrogen) atoms. The summed E-state index contributed by atoms with van der Waals surface area (Å²) in [6.45, 7) is 8.43. The zero-order valence-electron chi connectivity index (χ0n) is 30.0. The van der Waals surface area contributed by atoms with Crippen LogP contribution in [0.5, 0.6) is 0 Å². The van der Waals surface area contributed by atoms with Gasteiger partial charge in [-0.05, 0) is 62.5 Å². The summed E-state index contributed by atoms with van der Waals surface area (Å²) in [6, 6.07) is 0. The fraction of sp³-hybridized carbons (Fsp3) is 0.872. The van der Waals surface area contributed by atoms with Crippen LogP contribution in [0.15, 0.2) is 24.3 Å². The summed E-state index contributed by atoms with van der Waals surface area (Å²) in [5.41, 5.74) is 2.09. The summed E-state index contributed by atoms with van der Waals surface area (Å²) in [4.78, 5) is 13.7. The zero-order valence-corrected chi connectivity index (χ0v) is 30.0. The highest BCUT2D eigenvalue weighted by molar-refractivity contribution is 5.70. The lowest BCUT2D eigenvalue weighted by Crippen LogP contribution is -2.58. The SMILES string of the molecule is C=C1CC2CCC34CC(O)C(O3)C3CC(O4)C4OC(CCC4O3)CC(=O)OC3CC4OC(CO)C(O)CC4OC3CC3OC(CCC3=C)CCC1O2. The predicted octanol–water partition coefficient (Wildman–Crippen LogP) is 2.69. The molecule has 9 aliphatic heterocycles. The van der Waals surface area contributed by atoms with Gasteiger partial charge < -0.3 is 58.0 Å². The number of esters is 1. The predicted molar refractivity (Wildman–Crippen MR) is 181 cm³/mol. The highest BCUT2D eigenvalue weighted by Gasteiger charge is 2.59. The Labute approximate surface area is 305 Å². The monoisotopic (exact) mass is 732 g/mol. The average molecular weight is 733 g/mol. The Balaban J connectivity index is 0.969. The minimum atomic E-state index is -0.968. The van der Waals surface area contributed by atoms with Gasteiger partial charge in [0, 0.05) is 38.5 Å². The Morgan fingerprint density at radius 1 is 0.615 bits per heavy atom. The lowest BCUT2D eigenvalue weighted by atomic mass is 9.86. The topological polar surface area (TPSA) is 161 Å². The Morgan fingerprint density at radius 2 is 1.37 bits per heavy atom. The molecule has 18 unspecified atom stereocenters. The Hall–Kier alpha value is -1.49. The molecule has 0 aromatic heterocycles. The molecule has 0 aliphatic carbocycles.